The van der Waals surface area contributed by atoms with Crippen LogP contribution in [0.25, 0.3) is 21.8 Å². The highest BCUT2D eigenvalue weighted by Gasteiger charge is 2.21. The van der Waals surface area contributed by atoms with Gasteiger partial charge in [0.15, 0.2) is 11.5 Å². The summed E-state index contributed by atoms with van der Waals surface area (Å²) in [6.45, 7) is 1.15. The van der Waals surface area contributed by atoms with E-state index in [0.717, 1.165) is 39.1 Å². The molecule has 0 aliphatic carbocycles. The maximum Gasteiger partial charge on any atom is 0.171 e. The van der Waals surface area contributed by atoms with Gasteiger partial charge in [0.1, 0.15) is 19.0 Å². The van der Waals surface area contributed by atoms with Gasteiger partial charge in [0.2, 0.25) is 0 Å². The van der Waals surface area contributed by atoms with E-state index in [1.807, 2.05) is 24.3 Å². The molecule has 3 aromatic rings. The van der Waals surface area contributed by atoms with Crippen molar-refractivity contribution in [2.75, 3.05) is 20.3 Å². The monoisotopic (exact) mass is 255 g/mol. The number of rotatable bonds is 1. The molecule has 1 aromatic heterocycles. The lowest BCUT2D eigenvalue weighted by Crippen LogP contribution is -2.15. The Bertz CT molecular complexity index is 776. The van der Waals surface area contributed by atoms with Gasteiger partial charge in [-0.15, -0.1) is 0 Å². The fraction of sp³-hybridized carbons (Fsp3) is 0.200. The largest absolute Gasteiger partial charge is 0.494 e. The summed E-state index contributed by atoms with van der Waals surface area (Å²) in [5.41, 5.74) is 2.02. The Balaban J connectivity index is 2.21. The van der Waals surface area contributed by atoms with E-state index in [1.54, 1.807) is 7.11 Å². The third-order valence-electron chi connectivity index (χ3n) is 3.47. The maximum atomic E-state index is 5.80. The molecule has 1 N–H and O–H groups in total. The van der Waals surface area contributed by atoms with Crippen LogP contribution in [-0.2, 0) is 0 Å². The van der Waals surface area contributed by atoms with Crippen molar-refractivity contribution in [3.05, 3.63) is 30.3 Å². The molecule has 0 saturated carbocycles. The van der Waals surface area contributed by atoms with Crippen molar-refractivity contribution in [2.24, 2.45) is 0 Å². The molecule has 1 aliphatic rings. The zero-order valence-corrected chi connectivity index (χ0v) is 10.5. The number of methoxy groups -OCH3 is 1. The third kappa shape index (κ3) is 1.40. The van der Waals surface area contributed by atoms with Crippen LogP contribution in [0.5, 0.6) is 17.2 Å². The zero-order valence-electron chi connectivity index (χ0n) is 10.5. The van der Waals surface area contributed by atoms with Gasteiger partial charge in [-0.2, -0.15) is 0 Å². The molecule has 1 aliphatic heterocycles. The molecule has 0 amide bonds. The number of aromatic amines is 1. The Morgan fingerprint density at radius 2 is 2.00 bits per heavy atom. The standard InChI is InChI=1S/C15H13NO3/c1-17-11-8-12-15(19-7-6-18-12)13-9-4-2-3-5-10(9)16-14(11)13/h2-5,8,16H,6-7H2,1H3. The van der Waals surface area contributed by atoms with Crippen LogP contribution < -0.4 is 14.2 Å². The minimum absolute atomic E-state index is 0.573. The van der Waals surface area contributed by atoms with Gasteiger partial charge in [-0.1, -0.05) is 18.2 Å². The molecule has 96 valence electrons. The van der Waals surface area contributed by atoms with Crippen molar-refractivity contribution < 1.29 is 14.2 Å². The Labute approximate surface area is 109 Å². The quantitative estimate of drug-likeness (QED) is 0.726. The molecule has 4 rings (SSSR count). The van der Waals surface area contributed by atoms with Crippen molar-refractivity contribution in [2.45, 2.75) is 0 Å². The van der Waals surface area contributed by atoms with Gasteiger partial charge in [0, 0.05) is 17.0 Å². The van der Waals surface area contributed by atoms with E-state index in [1.165, 1.54) is 0 Å². The fourth-order valence-electron chi connectivity index (χ4n) is 2.65. The number of fused-ring (bicyclic) bond motifs is 5. The van der Waals surface area contributed by atoms with Crippen molar-refractivity contribution in [3.63, 3.8) is 0 Å². The van der Waals surface area contributed by atoms with Crippen molar-refractivity contribution in [3.8, 4) is 17.2 Å². The Morgan fingerprint density at radius 3 is 2.89 bits per heavy atom. The maximum absolute atomic E-state index is 5.80. The van der Waals surface area contributed by atoms with Gasteiger partial charge in [0.25, 0.3) is 0 Å². The molecular formula is C15H13NO3. The molecule has 0 radical (unpaired) electrons. The summed E-state index contributed by atoms with van der Waals surface area (Å²) in [6, 6.07) is 10.0. The number of hydrogen-bond acceptors (Lipinski definition) is 3. The molecule has 0 bridgehead atoms. The van der Waals surface area contributed by atoms with Crippen molar-refractivity contribution in [1.82, 2.24) is 4.98 Å². The molecule has 4 heteroatoms. The third-order valence-corrected chi connectivity index (χ3v) is 3.47. The molecule has 0 fully saturated rings. The van der Waals surface area contributed by atoms with Crippen LogP contribution in [0, 0.1) is 0 Å². The highest BCUT2D eigenvalue weighted by Crippen LogP contribution is 2.45. The van der Waals surface area contributed by atoms with E-state index in [2.05, 4.69) is 11.1 Å². The number of benzene rings is 2. The molecule has 2 aromatic carbocycles. The fourth-order valence-corrected chi connectivity index (χ4v) is 2.65. The van der Waals surface area contributed by atoms with Crippen molar-refractivity contribution in [1.29, 1.82) is 0 Å². The van der Waals surface area contributed by atoms with Gasteiger partial charge in [0.05, 0.1) is 18.0 Å². The lowest BCUT2D eigenvalue weighted by Gasteiger charge is -2.20. The molecule has 4 nitrogen and oxygen atoms in total. The summed E-state index contributed by atoms with van der Waals surface area (Å²) < 4.78 is 16.9. The molecule has 19 heavy (non-hydrogen) atoms. The van der Waals surface area contributed by atoms with E-state index in [-0.39, 0.29) is 0 Å². The number of ether oxygens (including phenoxy) is 3. The molecule has 0 spiro atoms. The van der Waals surface area contributed by atoms with Crippen molar-refractivity contribution >= 4 is 21.8 Å². The second-order valence-corrected chi connectivity index (χ2v) is 4.52. The van der Waals surface area contributed by atoms with Gasteiger partial charge < -0.3 is 19.2 Å². The number of para-hydroxylation sites is 1. The number of hydrogen-bond donors (Lipinski definition) is 1. The smallest absolute Gasteiger partial charge is 0.171 e. The van der Waals surface area contributed by atoms with E-state index < -0.39 is 0 Å². The molecule has 0 atom stereocenters. The SMILES string of the molecule is COc1cc2c(c3c1[nH]c1ccccc13)OCCO2. The highest BCUT2D eigenvalue weighted by molar-refractivity contribution is 6.13. The van der Waals surface area contributed by atoms with Gasteiger partial charge in [-0.25, -0.2) is 0 Å². The van der Waals surface area contributed by atoms with Crippen LogP contribution in [0.3, 0.4) is 0 Å². The van der Waals surface area contributed by atoms with Gasteiger partial charge in [-0.05, 0) is 6.07 Å². The van der Waals surface area contributed by atoms with E-state index in [9.17, 15) is 0 Å². The van der Waals surface area contributed by atoms with Crippen LogP contribution in [0.4, 0.5) is 0 Å². The molecule has 0 unspecified atom stereocenters. The minimum atomic E-state index is 0.573. The first-order valence-corrected chi connectivity index (χ1v) is 6.25. The lowest BCUT2D eigenvalue weighted by atomic mass is 10.1. The molecule has 0 saturated heterocycles. The Hall–Kier alpha value is -2.36. The zero-order chi connectivity index (χ0) is 12.8. The summed E-state index contributed by atoms with van der Waals surface area (Å²) in [5, 5.41) is 2.16. The first-order chi connectivity index (χ1) is 9.38. The topological polar surface area (TPSA) is 43.5 Å². The molecule has 2 heterocycles. The lowest BCUT2D eigenvalue weighted by molar-refractivity contribution is 0.173. The number of nitrogens with one attached hydrogen (secondary N) is 1. The van der Waals surface area contributed by atoms with Gasteiger partial charge >= 0.3 is 0 Å². The summed E-state index contributed by atoms with van der Waals surface area (Å²) in [7, 11) is 1.66. The predicted octanol–water partition coefficient (Wildman–Crippen LogP) is 3.10. The van der Waals surface area contributed by atoms with Crippen LogP contribution in [-0.4, -0.2) is 25.3 Å². The highest BCUT2D eigenvalue weighted by atomic mass is 16.6. The summed E-state index contributed by atoms with van der Waals surface area (Å²) in [6.07, 6.45) is 0. The normalized spacial score (nSPS) is 13.9. The minimum Gasteiger partial charge on any atom is -0.494 e. The van der Waals surface area contributed by atoms with E-state index in [0.29, 0.717) is 13.2 Å². The second-order valence-electron chi connectivity index (χ2n) is 4.52. The summed E-state index contributed by atoms with van der Waals surface area (Å²) in [5.74, 6) is 2.33. The first kappa shape index (κ1) is 10.6. The predicted molar refractivity (Wildman–Crippen MR) is 73.3 cm³/mol. The Morgan fingerprint density at radius 1 is 1.16 bits per heavy atom. The van der Waals surface area contributed by atoms with E-state index >= 15 is 0 Å². The van der Waals surface area contributed by atoms with Crippen LogP contribution in [0.2, 0.25) is 0 Å². The summed E-state index contributed by atoms with van der Waals surface area (Å²) >= 11 is 0. The first-order valence-electron chi connectivity index (χ1n) is 6.25. The van der Waals surface area contributed by atoms with E-state index in [4.69, 9.17) is 14.2 Å². The molecular weight excluding hydrogens is 242 g/mol. The van der Waals surface area contributed by atoms with Crippen LogP contribution >= 0.6 is 0 Å². The van der Waals surface area contributed by atoms with Crippen LogP contribution in [0.1, 0.15) is 0 Å². The van der Waals surface area contributed by atoms with Crippen LogP contribution in [0.15, 0.2) is 30.3 Å². The Kier molecular flexibility index (Phi) is 2.12. The summed E-state index contributed by atoms with van der Waals surface area (Å²) in [4.78, 5) is 3.39. The number of aromatic nitrogens is 1. The number of H-pyrrole nitrogens is 1. The van der Waals surface area contributed by atoms with Gasteiger partial charge in [-0.3, -0.25) is 0 Å². The average molecular weight is 255 g/mol. The second kappa shape index (κ2) is 3.82. The average Bonchev–Trinajstić information content (AvgIpc) is 2.86.